The lowest BCUT2D eigenvalue weighted by atomic mass is 9.87. The molecule has 1 atom stereocenters. The standard InChI is InChI=1S/C26H31N5O3/c1-16(2)34-24(32)22-17(3)27-25-28-29-30-31(25)23(22)19-9-13-21(14-10-19)33-15-18-7-11-20(12-8-18)26(4,5)6/h7-14,16,23H,15H2,1-6H3,(H,27,28,30). The molecule has 8 heteroatoms. The predicted molar refractivity (Wildman–Crippen MR) is 129 cm³/mol. The molecule has 0 bridgehead atoms. The molecule has 2 aromatic carbocycles. The van der Waals surface area contributed by atoms with Gasteiger partial charge in [0.15, 0.2) is 0 Å². The van der Waals surface area contributed by atoms with Crippen LogP contribution in [-0.2, 0) is 21.6 Å². The van der Waals surface area contributed by atoms with Crippen molar-refractivity contribution in [1.82, 2.24) is 20.2 Å². The number of aromatic nitrogens is 4. The molecule has 0 saturated carbocycles. The predicted octanol–water partition coefficient (Wildman–Crippen LogP) is 4.79. The fraction of sp³-hybridized carbons (Fsp3) is 0.385. The van der Waals surface area contributed by atoms with E-state index in [2.05, 4.69) is 65.9 Å². The number of ether oxygens (including phenoxy) is 2. The number of rotatable bonds is 6. The van der Waals surface area contributed by atoms with Gasteiger partial charge in [-0.3, -0.25) is 0 Å². The molecule has 4 rings (SSSR count). The molecule has 1 aromatic heterocycles. The molecule has 0 amide bonds. The average molecular weight is 462 g/mol. The minimum Gasteiger partial charge on any atom is -0.489 e. The molecule has 0 spiro atoms. The molecule has 1 unspecified atom stereocenters. The number of carbonyl (C=O) groups excluding carboxylic acids is 1. The third-order valence-electron chi connectivity index (χ3n) is 5.70. The molecule has 34 heavy (non-hydrogen) atoms. The van der Waals surface area contributed by atoms with Crippen molar-refractivity contribution in [1.29, 1.82) is 0 Å². The van der Waals surface area contributed by atoms with E-state index < -0.39 is 12.0 Å². The van der Waals surface area contributed by atoms with Crippen LogP contribution >= 0.6 is 0 Å². The molecule has 0 fully saturated rings. The summed E-state index contributed by atoms with van der Waals surface area (Å²) in [6, 6.07) is 15.6. The molecule has 0 saturated heterocycles. The first-order valence-electron chi connectivity index (χ1n) is 11.4. The van der Waals surface area contributed by atoms with Crippen LogP contribution in [0.3, 0.4) is 0 Å². The van der Waals surface area contributed by atoms with Crippen LogP contribution in [0.4, 0.5) is 5.95 Å². The van der Waals surface area contributed by atoms with Crippen molar-refractivity contribution in [2.45, 2.75) is 65.7 Å². The van der Waals surface area contributed by atoms with Gasteiger partial charge in [-0.2, -0.15) is 4.68 Å². The maximum atomic E-state index is 12.9. The van der Waals surface area contributed by atoms with Crippen molar-refractivity contribution in [3.63, 3.8) is 0 Å². The molecule has 3 aromatic rings. The van der Waals surface area contributed by atoms with Gasteiger partial charge in [0.2, 0.25) is 5.95 Å². The number of benzene rings is 2. The van der Waals surface area contributed by atoms with E-state index in [0.29, 0.717) is 23.8 Å². The maximum Gasteiger partial charge on any atom is 0.338 e. The van der Waals surface area contributed by atoms with Crippen molar-refractivity contribution in [3.8, 4) is 5.75 Å². The summed E-state index contributed by atoms with van der Waals surface area (Å²) in [6.45, 7) is 12.5. The SMILES string of the molecule is CC1=C(C(=O)OC(C)C)C(c2ccc(OCc3ccc(C(C)(C)C)cc3)cc2)n2nnnc2N1. The number of tetrazole rings is 1. The van der Waals surface area contributed by atoms with Gasteiger partial charge in [0.25, 0.3) is 0 Å². The zero-order valence-corrected chi connectivity index (χ0v) is 20.5. The Morgan fingerprint density at radius 1 is 1.09 bits per heavy atom. The van der Waals surface area contributed by atoms with Gasteiger partial charge in [0.1, 0.15) is 18.4 Å². The second kappa shape index (κ2) is 9.29. The lowest BCUT2D eigenvalue weighted by Gasteiger charge is -2.28. The van der Waals surface area contributed by atoms with E-state index in [-0.39, 0.29) is 11.5 Å². The van der Waals surface area contributed by atoms with Crippen LogP contribution in [0.25, 0.3) is 0 Å². The molecule has 8 nitrogen and oxygen atoms in total. The Kier molecular flexibility index (Phi) is 6.41. The molecule has 0 radical (unpaired) electrons. The Morgan fingerprint density at radius 3 is 2.38 bits per heavy atom. The summed E-state index contributed by atoms with van der Waals surface area (Å²) in [5, 5.41) is 15.0. The second-order valence-corrected chi connectivity index (χ2v) is 9.77. The van der Waals surface area contributed by atoms with Crippen LogP contribution in [0, 0.1) is 0 Å². The van der Waals surface area contributed by atoms with Crippen molar-refractivity contribution in [2.24, 2.45) is 0 Å². The van der Waals surface area contributed by atoms with Crippen LogP contribution < -0.4 is 10.1 Å². The first kappa shape index (κ1) is 23.5. The monoisotopic (exact) mass is 461 g/mol. The van der Waals surface area contributed by atoms with Gasteiger partial charge >= 0.3 is 5.97 Å². The van der Waals surface area contributed by atoms with E-state index in [1.54, 1.807) is 4.68 Å². The number of anilines is 1. The van der Waals surface area contributed by atoms with Gasteiger partial charge in [0.05, 0.1) is 11.7 Å². The first-order chi connectivity index (χ1) is 16.1. The Hall–Kier alpha value is -3.68. The van der Waals surface area contributed by atoms with Crippen molar-refractivity contribution < 1.29 is 14.3 Å². The van der Waals surface area contributed by atoms with E-state index in [1.807, 2.05) is 45.0 Å². The molecule has 178 valence electrons. The van der Waals surface area contributed by atoms with E-state index >= 15 is 0 Å². The third kappa shape index (κ3) is 4.95. The van der Waals surface area contributed by atoms with Crippen LogP contribution in [0.2, 0.25) is 0 Å². The number of allylic oxidation sites excluding steroid dienone is 1. The van der Waals surface area contributed by atoms with Crippen molar-refractivity contribution in [2.75, 3.05) is 5.32 Å². The summed E-state index contributed by atoms with van der Waals surface area (Å²) in [4.78, 5) is 12.9. The van der Waals surface area contributed by atoms with Gasteiger partial charge in [0, 0.05) is 5.70 Å². The molecule has 2 heterocycles. The van der Waals surface area contributed by atoms with Gasteiger partial charge < -0.3 is 14.8 Å². The maximum absolute atomic E-state index is 12.9. The number of hydrogen-bond donors (Lipinski definition) is 1. The minimum absolute atomic E-state index is 0.122. The quantitative estimate of drug-likeness (QED) is 0.528. The van der Waals surface area contributed by atoms with Gasteiger partial charge in [-0.15, -0.1) is 0 Å². The van der Waals surface area contributed by atoms with Crippen molar-refractivity contribution >= 4 is 11.9 Å². The topological polar surface area (TPSA) is 91.2 Å². The van der Waals surface area contributed by atoms with Crippen LogP contribution in [0.15, 0.2) is 59.8 Å². The number of esters is 1. The normalized spacial score (nSPS) is 15.7. The van der Waals surface area contributed by atoms with Crippen LogP contribution in [0.1, 0.15) is 64.3 Å². The fourth-order valence-electron chi connectivity index (χ4n) is 3.88. The number of carbonyl (C=O) groups is 1. The van der Waals surface area contributed by atoms with Gasteiger partial charge in [-0.1, -0.05) is 62.3 Å². The van der Waals surface area contributed by atoms with E-state index in [0.717, 1.165) is 16.9 Å². The average Bonchev–Trinajstić information content (AvgIpc) is 3.24. The van der Waals surface area contributed by atoms with Crippen LogP contribution in [-0.4, -0.2) is 32.3 Å². The minimum atomic E-state index is -0.503. The lowest BCUT2D eigenvalue weighted by molar-refractivity contribution is -0.143. The van der Waals surface area contributed by atoms with Crippen LogP contribution in [0.5, 0.6) is 5.75 Å². The summed E-state index contributed by atoms with van der Waals surface area (Å²) in [6.07, 6.45) is -0.239. The molecule has 1 aliphatic rings. The van der Waals surface area contributed by atoms with E-state index in [4.69, 9.17) is 9.47 Å². The summed E-state index contributed by atoms with van der Waals surface area (Å²) < 4.78 is 13.1. The van der Waals surface area contributed by atoms with Gasteiger partial charge in [-0.05, 0) is 65.4 Å². The summed E-state index contributed by atoms with van der Waals surface area (Å²) in [5.74, 6) is 0.814. The highest BCUT2D eigenvalue weighted by molar-refractivity contribution is 5.92. The highest BCUT2D eigenvalue weighted by atomic mass is 16.5. The largest absolute Gasteiger partial charge is 0.489 e. The first-order valence-corrected chi connectivity index (χ1v) is 11.4. The summed E-state index contributed by atoms with van der Waals surface area (Å²) in [7, 11) is 0. The number of fused-ring (bicyclic) bond motifs is 1. The van der Waals surface area contributed by atoms with E-state index in [9.17, 15) is 4.79 Å². The number of nitrogens with one attached hydrogen (secondary N) is 1. The zero-order valence-electron chi connectivity index (χ0n) is 20.5. The number of nitrogens with zero attached hydrogens (tertiary/aromatic N) is 4. The third-order valence-corrected chi connectivity index (χ3v) is 5.70. The zero-order chi connectivity index (χ0) is 24.5. The lowest BCUT2D eigenvalue weighted by Crippen LogP contribution is -2.30. The smallest absolute Gasteiger partial charge is 0.338 e. The molecular formula is C26H31N5O3. The van der Waals surface area contributed by atoms with Crippen molar-refractivity contribution in [3.05, 3.63) is 76.5 Å². The summed E-state index contributed by atoms with van der Waals surface area (Å²) in [5.41, 5.74) is 4.51. The second-order valence-electron chi connectivity index (χ2n) is 9.77. The van der Waals surface area contributed by atoms with Gasteiger partial charge in [-0.25, -0.2) is 4.79 Å². The van der Waals surface area contributed by atoms with E-state index in [1.165, 1.54) is 5.56 Å². The Labute approximate surface area is 200 Å². The fourth-order valence-corrected chi connectivity index (χ4v) is 3.88. The molecule has 0 aliphatic carbocycles. The highest BCUT2D eigenvalue weighted by Gasteiger charge is 2.35. The molecule has 1 N–H and O–H groups in total. The highest BCUT2D eigenvalue weighted by Crippen LogP contribution is 2.35. The summed E-state index contributed by atoms with van der Waals surface area (Å²) >= 11 is 0. The number of hydrogen-bond acceptors (Lipinski definition) is 7. The molecular weight excluding hydrogens is 430 g/mol. The Morgan fingerprint density at radius 2 is 1.76 bits per heavy atom. The molecule has 1 aliphatic heterocycles. The Balaban J connectivity index is 1.53. The Bertz CT molecular complexity index is 1190.